The maximum atomic E-state index is 13.0. The molecule has 0 amide bonds. The highest BCUT2D eigenvalue weighted by molar-refractivity contribution is 7.12. The molecule has 144 valence electrons. The van der Waals surface area contributed by atoms with Crippen LogP contribution in [0.2, 0.25) is 0 Å². The van der Waals surface area contributed by atoms with Crippen molar-refractivity contribution in [1.82, 2.24) is 19.5 Å². The number of ether oxygens (including phenoxy) is 1. The summed E-state index contributed by atoms with van der Waals surface area (Å²) in [4.78, 5) is 51.3. The Morgan fingerprint density at radius 2 is 2.18 bits per heavy atom. The van der Waals surface area contributed by atoms with Gasteiger partial charge in [0.2, 0.25) is 11.4 Å². The summed E-state index contributed by atoms with van der Waals surface area (Å²) in [5, 5.41) is 2.61. The molecule has 9 nitrogen and oxygen atoms in total. The molecule has 0 radical (unpaired) electrons. The van der Waals surface area contributed by atoms with E-state index in [4.69, 9.17) is 4.74 Å². The largest absolute Gasteiger partial charge is 0.462 e. The fourth-order valence-electron chi connectivity index (χ4n) is 3.11. The van der Waals surface area contributed by atoms with Gasteiger partial charge in [0.25, 0.3) is 0 Å². The number of aromatic nitrogens is 4. The van der Waals surface area contributed by atoms with Gasteiger partial charge < -0.3 is 14.4 Å². The molecule has 10 heteroatoms. The third-order valence-corrected chi connectivity index (χ3v) is 5.29. The van der Waals surface area contributed by atoms with Crippen molar-refractivity contribution in [3.63, 3.8) is 0 Å². The Morgan fingerprint density at radius 3 is 2.82 bits per heavy atom. The third-order valence-electron chi connectivity index (χ3n) is 4.52. The lowest BCUT2D eigenvalue weighted by Gasteiger charge is -2.36. The molecule has 0 atom stereocenters. The van der Waals surface area contributed by atoms with E-state index in [2.05, 4.69) is 15.0 Å². The molecule has 3 aromatic rings. The van der Waals surface area contributed by atoms with Crippen LogP contribution in [-0.2, 0) is 9.53 Å². The number of anilines is 1. The Bertz CT molecular complexity index is 1120. The zero-order valence-electron chi connectivity index (χ0n) is 15.3. The molecular formula is C18H17N5O4S. The molecule has 28 heavy (non-hydrogen) atoms. The first-order valence-corrected chi connectivity index (χ1v) is 9.62. The van der Waals surface area contributed by atoms with E-state index in [9.17, 15) is 14.4 Å². The normalized spacial score (nSPS) is 14.1. The van der Waals surface area contributed by atoms with Gasteiger partial charge in [0.1, 0.15) is 11.8 Å². The van der Waals surface area contributed by atoms with Crippen LogP contribution in [0.25, 0.3) is 16.2 Å². The van der Waals surface area contributed by atoms with Crippen LogP contribution < -0.4 is 10.3 Å². The van der Waals surface area contributed by atoms with Crippen LogP contribution >= 0.6 is 11.3 Å². The highest BCUT2D eigenvalue weighted by Gasteiger charge is 2.30. The predicted octanol–water partition coefficient (Wildman–Crippen LogP) is 1.36. The van der Waals surface area contributed by atoms with Crippen molar-refractivity contribution >= 4 is 40.6 Å². The second kappa shape index (κ2) is 7.12. The molecule has 0 unspecified atom stereocenters. The van der Waals surface area contributed by atoms with Crippen LogP contribution in [-0.4, -0.2) is 51.5 Å². The van der Waals surface area contributed by atoms with E-state index >= 15 is 0 Å². The Kier molecular flexibility index (Phi) is 4.63. The number of fused-ring (bicyclic) bond motifs is 1. The fourth-order valence-corrected chi connectivity index (χ4v) is 3.72. The molecule has 0 N–H and O–H groups in total. The lowest BCUT2D eigenvalue weighted by Crippen LogP contribution is -2.48. The minimum absolute atomic E-state index is 0.0352. The molecule has 3 aromatic heterocycles. The Hall–Kier alpha value is -3.14. The van der Waals surface area contributed by atoms with Gasteiger partial charge in [-0.05, 0) is 13.8 Å². The van der Waals surface area contributed by atoms with Gasteiger partial charge in [0, 0.05) is 36.8 Å². The standard InChI is InChI=1S/C18H17N5O4S/c1-3-27-16(26)12-8-23(18-19-4-5-28-18)15-13(14(12)25)10(2)20-17(21-15)22-6-11(7-22)9-24/h4-5,8-9,11H,3,6-7H2,1-2H3. The number of aldehydes is 1. The minimum atomic E-state index is -0.695. The number of carbonyl (C=O) groups excluding carboxylic acids is 2. The van der Waals surface area contributed by atoms with Gasteiger partial charge in [0.05, 0.1) is 17.7 Å². The second-order valence-corrected chi connectivity index (χ2v) is 7.26. The predicted molar refractivity (Wildman–Crippen MR) is 103 cm³/mol. The van der Waals surface area contributed by atoms with Gasteiger partial charge in [-0.2, -0.15) is 4.98 Å². The summed E-state index contributed by atoms with van der Waals surface area (Å²) in [7, 11) is 0. The van der Waals surface area contributed by atoms with Crippen molar-refractivity contribution in [2.45, 2.75) is 13.8 Å². The summed E-state index contributed by atoms with van der Waals surface area (Å²) >= 11 is 1.35. The van der Waals surface area contributed by atoms with E-state index in [1.807, 2.05) is 4.90 Å². The van der Waals surface area contributed by atoms with Crippen LogP contribution in [0.1, 0.15) is 23.0 Å². The van der Waals surface area contributed by atoms with E-state index in [0.29, 0.717) is 35.5 Å². The monoisotopic (exact) mass is 399 g/mol. The molecule has 0 bridgehead atoms. The molecule has 0 aromatic carbocycles. The van der Waals surface area contributed by atoms with E-state index < -0.39 is 11.4 Å². The fraction of sp³-hybridized carbons (Fsp3) is 0.333. The molecule has 1 fully saturated rings. The van der Waals surface area contributed by atoms with Crippen molar-refractivity contribution in [1.29, 1.82) is 0 Å². The highest BCUT2D eigenvalue weighted by atomic mass is 32.1. The van der Waals surface area contributed by atoms with E-state index in [1.54, 1.807) is 30.0 Å². The molecule has 1 aliphatic rings. The summed E-state index contributed by atoms with van der Waals surface area (Å²) < 4.78 is 6.65. The molecule has 1 saturated heterocycles. The average Bonchev–Trinajstić information content (AvgIpc) is 3.15. The van der Waals surface area contributed by atoms with Crippen molar-refractivity contribution in [3.8, 4) is 5.13 Å². The third kappa shape index (κ3) is 2.95. The number of hydrogen-bond donors (Lipinski definition) is 0. The van der Waals surface area contributed by atoms with Gasteiger partial charge in [-0.1, -0.05) is 0 Å². The quantitative estimate of drug-likeness (QED) is 0.467. The summed E-state index contributed by atoms with van der Waals surface area (Å²) in [5.74, 6) is -0.289. The maximum absolute atomic E-state index is 13.0. The minimum Gasteiger partial charge on any atom is -0.462 e. The van der Waals surface area contributed by atoms with E-state index in [-0.39, 0.29) is 23.5 Å². The SMILES string of the molecule is CCOC(=O)c1cn(-c2nccs2)c2nc(N3CC(C=O)C3)nc(C)c2c1=O. The van der Waals surface area contributed by atoms with Gasteiger partial charge in [-0.3, -0.25) is 9.36 Å². The van der Waals surface area contributed by atoms with Crippen LogP contribution in [0, 0.1) is 12.8 Å². The average molecular weight is 399 g/mol. The summed E-state index contributed by atoms with van der Waals surface area (Å²) in [6.45, 7) is 4.62. The van der Waals surface area contributed by atoms with Crippen molar-refractivity contribution in [3.05, 3.63) is 39.3 Å². The zero-order chi connectivity index (χ0) is 19.8. The Balaban J connectivity index is 1.95. The summed E-state index contributed by atoms with van der Waals surface area (Å²) in [5.41, 5.74) is 0.259. The number of hydrogen-bond acceptors (Lipinski definition) is 9. The number of pyridine rings is 1. The second-order valence-electron chi connectivity index (χ2n) is 6.39. The van der Waals surface area contributed by atoms with Gasteiger partial charge in [0.15, 0.2) is 10.8 Å². The summed E-state index contributed by atoms with van der Waals surface area (Å²) in [6.07, 6.45) is 3.97. The number of esters is 1. The molecule has 0 aliphatic carbocycles. The van der Waals surface area contributed by atoms with Gasteiger partial charge >= 0.3 is 5.97 Å². The lowest BCUT2D eigenvalue weighted by molar-refractivity contribution is -0.111. The molecule has 0 saturated carbocycles. The van der Waals surface area contributed by atoms with Crippen molar-refractivity contribution in [2.24, 2.45) is 5.92 Å². The van der Waals surface area contributed by atoms with Crippen molar-refractivity contribution < 1.29 is 14.3 Å². The number of carbonyl (C=O) groups is 2. The lowest BCUT2D eigenvalue weighted by atomic mass is 10.0. The van der Waals surface area contributed by atoms with Gasteiger partial charge in [-0.15, -0.1) is 11.3 Å². The smallest absolute Gasteiger partial charge is 0.343 e. The van der Waals surface area contributed by atoms with Gasteiger partial charge in [-0.25, -0.2) is 14.8 Å². The maximum Gasteiger partial charge on any atom is 0.343 e. The molecule has 4 heterocycles. The topological polar surface area (TPSA) is 107 Å². The van der Waals surface area contributed by atoms with Crippen LogP contribution in [0.15, 0.2) is 22.6 Å². The Morgan fingerprint density at radius 1 is 1.39 bits per heavy atom. The zero-order valence-corrected chi connectivity index (χ0v) is 16.1. The van der Waals surface area contributed by atoms with Crippen LogP contribution in [0.3, 0.4) is 0 Å². The number of thiazole rings is 1. The first-order valence-electron chi connectivity index (χ1n) is 8.74. The Labute approximate surface area is 163 Å². The number of nitrogens with zero attached hydrogens (tertiary/aromatic N) is 5. The van der Waals surface area contributed by atoms with Crippen molar-refractivity contribution in [2.75, 3.05) is 24.6 Å². The first-order chi connectivity index (χ1) is 13.5. The first kappa shape index (κ1) is 18.2. The van der Waals surface area contributed by atoms with E-state index in [1.165, 1.54) is 17.5 Å². The molecule has 4 rings (SSSR count). The molecule has 0 spiro atoms. The summed E-state index contributed by atoms with van der Waals surface area (Å²) in [6, 6.07) is 0. The molecule has 1 aliphatic heterocycles. The van der Waals surface area contributed by atoms with E-state index in [0.717, 1.165) is 6.29 Å². The van der Waals surface area contributed by atoms with Crippen LogP contribution in [0.4, 0.5) is 5.95 Å². The highest BCUT2D eigenvalue weighted by Crippen LogP contribution is 2.25. The number of rotatable bonds is 5. The number of aryl methyl sites for hydroxylation is 1. The van der Waals surface area contributed by atoms with Crippen LogP contribution in [0.5, 0.6) is 0 Å². The molecular weight excluding hydrogens is 382 g/mol.